The summed E-state index contributed by atoms with van der Waals surface area (Å²) in [6, 6.07) is 12.1. The number of hydrogen-bond acceptors (Lipinski definition) is 7. The van der Waals surface area contributed by atoms with Gasteiger partial charge in [0.15, 0.2) is 0 Å². The molecule has 30 heavy (non-hydrogen) atoms. The van der Waals surface area contributed by atoms with Crippen LogP contribution < -0.4 is 9.62 Å². The minimum Gasteiger partial charge on any atom is -0.268 e. The quantitative estimate of drug-likeness (QED) is 0.587. The number of rotatable bonds is 6. The third kappa shape index (κ3) is 3.71. The number of nitrogens with one attached hydrogen (secondary N) is 1. The molecule has 1 aromatic heterocycles. The van der Waals surface area contributed by atoms with E-state index in [-0.39, 0.29) is 10.0 Å². The highest BCUT2D eigenvalue weighted by Crippen LogP contribution is 2.29. The van der Waals surface area contributed by atoms with Crippen LogP contribution >= 0.6 is 11.3 Å². The molecular formula is C20H18N4O4S2. The fraction of sp³-hybridized carbons (Fsp3) is 0.200. The molecule has 0 atom stereocenters. The van der Waals surface area contributed by atoms with Crippen LogP contribution in [0, 0.1) is 5.92 Å². The van der Waals surface area contributed by atoms with E-state index in [2.05, 4.69) is 14.9 Å². The molecule has 0 aliphatic carbocycles. The normalized spacial score (nSPS) is 13.8. The molecule has 0 unspecified atom stereocenters. The summed E-state index contributed by atoms with van der Waals surface area (Å²) in [4.78, 5) is 26.2. The first-order valence-corrected chi connectivity index (χ1v) is 11.5. The molecule has 0 saturated carbocycles. The van der Waals surface area contributed by atoms with E-state index in [1.807, 2.05) is 13.8 Å². The van der Waals surface area contributed by atoms with Crippen molar-refractivity contribution in [2.24, 2.45) is 5.92 Å². The molecule has 4 rings (SSSR count). The van der Waals surface area contributed by atoms with Crippen molar-refractivity contribution in [1.29, 1.82) is 0 Å². The molecule has 0 bridgehead atoms. The Bertz CT molecular complexity index is 1200. The van der Waals surface area contributed by atoms with E-state index < -0.39 is 21.8 Å². The molecule has 0 spiro atoms. The Hall–Kier alpha value is -3.11. The second kappa shape index (κ2) is 7.62. The molecule has 1 N–H and O–H groups in total. The standard InChI is InChI=1S/C20H18N4O4S2/c1-12(2)11-17-21-22-20(29-17)23-30(27,28)14-9-7-13(8-10-14)24-18(25)15-5-3-4-6-16(15)19(24)26/h3-10,12H,11H2,1-2H3,(H,22,23). The first-order chi connectivity index (χ1) is 14.3. The van der Waals surface area contributed by atoms with Crippen molar-refractivity contribution in [3.05, 3.63) is 64.7 Å². The molecule has 8 nitrogen and oxygen atoms in total. The highest BCUT2D eigenvalue weighted by atomic mass is 32.2. The predicted molar refractivity (Wildman–Crippen MR) is 113 cm³/mol. The summed E-state index contributed by atoms with van der Waals surface area (Å²) in [7, 11) is -3.88. The Morgan fingerprint density at radius 2 is 1.57 bits per heavy atom. The summed E-state index contributed by atoms with van der Waals surface area (Å²) < 4.78 is 27.7. The Kier molecular flexibility index (Phi) is 5.12. The minimum atomic E-state index is -3.88. The van der Waals surface area contributed by atoms with E-state index in [4.69, 9.17) is 0 Å². The molecule has 2 heterocycles. The number of aromatic nitrogens is 2. The molecule has 10 heteroatoms. The van der Waals surface area contributed by atoms with Crippen molar-refractivity contribution in [3.63, 3.8) is 0 Å². The van der Waals surface area contributed by atoms with Gasteiger partial charge in [0.05, 0.1) is 21.7 Å². The van der Waals surface area contributed by atoms with Crippen molar-refractivity contribution < 1.29 is 18.0 Å². The molecule has 2 amide bonds. The summed E-state index contributed by atoms with van der Waals surface area (Å²) in [5.41, 5.74) is 0.957. The van der Waals surface area contributed by atoms with E-state index in [0.29, 0.717) is 29.2 Å². The average molecular weight is 443 g/mol. The van der Waals surface area contributed by atoms with Crippen LogP contribution in [0.4, 0.5) is 10.8 Å². The molecule has 0 fully saturated rings. The van der Waals surface area contributed by atoms with Gasteiger partial charge in [-0.2, -0.15) is 0 Å². The molecule has 0 saturated heterocycles. The van der Waals surface area contributed by atoms with Crippen molar-refractivity contribution >= 4 is 44.0 Å². The van der Waals surface area contributed by atoms with Gasteiger partial charge < -0.3 is 0 Å². The predicted octanol–water partition coefficient (Wildman–Crippen LogP) is 3.34. The van der Waals surface area contributed by atoms with E-state index >= 15 is 0 Å². The van der Waals surface area contributed by atoms with Crippen LogP contribution in [0.5, 0.6) is 0 Å². The zero-order valence-corrected chi connectivity index (χ0v) is 17.8. The SMILES string of the molecule is CC(C)Cc1nnc(NS(=O)(=O)c2ccc(N3C(=O)c4ccccc4C3=O)cc2)s1. The van der Waals surface area contributed by atoms with Gasteiger partial charge in [0.25, 0.3) is 21.8 Å². The Labute approximate surface area is 177 Å². The Morgan fingerprint density at radius 3 is 2.13 bits per heavy atom. The van der Waals surface area contributed by atoms with E-state index in [9.17, 15) is 18.0 Å². The van der Waals surface area contributed by atoms with Crippen molar-refractivity contribution in [1.82, 2.24) is 10.2 Å². The first-order valence-electron chi connectivity index (χ1n) is 9.19. The van der Waals surface area contributed by atoms with Crippen LogP contribution in [-0.2, 0) is 16.4 Å². The van der Waals surface area contributed by atoms with E-state index in [1.165, 1.54) is 35.6 Å². The van der Waals surface area contributed by atoms with Crippen LogP contribution in [0.3, 0.4) is 0 Å². The molecule has 2 aromatic carbocycles. The highest BCUT2D eigenvalue weighted by Gasteiger charge is 2.36. The monoisotopic (exact) mass is 442 g/mol. The molecule has 1 aliphatic heterocycles. The lowest BCUT2D eigenvalue weighted by Gasteiger charge is -2.14. The summed E-state index contributed by atoms with van der Waals surface area (Å²) >= 11 is 1.19. The maximum absolute atomic E-state index is 12.7. The van der Waals surface area contributed by atoms with Crippen molar-refractivity contribution in [2.45, 2.75) is 25.2 Å². The van der Waals surface area contributed by atoms with Gasteiger partial charge in [-0.15, -0.1) is 10.2 Å². The van der Waals surface area contributed by atoms with E-state index in [1.54, 1.807) is 24.3 Å². The fourth-order valence-electron chi connectivity index (χ4n) is 3.10. The maximum atomic E-state index is 12.7. The number of amides is 2. The molecule has 154 valence electrons. The minimum absolute atomic E-state index is 0.0107. The van der Waals surface area contributed by atoms with Gasteiger partial charge >= 0.3 is 0 Å². The van der Waals surface area contributed by atoms with Crippen LogP contribution in [-0.4, -0.2) is 30.4 Å². The zero-order chi connectivity index (χ0) is 21.5. The largest absolute Gasteiger partial charge is 0.268 e. The van der Waals surface area contributed by atoms with Gasteiger partial charge in [-0.1, -0.05) is 37.3 Å². The zero-order valence-electron chi connectivity index (χ0n) is 16.2. The summed E-state index contributed by atoms with van der Waals surface area (Å²) in [5.74, 6) is -0.483. The smallest absolute Gasteiger partial charge is 0.266 e. The topological polar surface area (TPSA) is 109 Å². The third-order valence-corrected chi connectivity index (χ3v) is 6.82. The molecule has 3 aromatic rings. The number of anilines is 2. The van der Waals surface area contributed by atoms with Crippen molar-refractivity contribution in [2.75, 3.05) is 9.62 Å². The van der Waals surface area contributed by atoms with Gasteiger partial charge in [-0.25, -0.2) is 13.3 Å². The number of benzene rings is 2. The Morgan fingerprint density at radius 1 is 0.967 bits per heavy atom. The fourth-order valence-corrected chi connectivity index (χ4v) is 5.28. The number of carbonyl (C=O) groups is 2. The van der Waals surface area contributed by atoms with Gasteiger partial charge in [0, 0.05) is 6.42 Å². The highest BCUT2D eigenvalue weighted by molar-refractivity contribution is 7.93. The number of hydrogen-bond donors (Lipinski definition) is 1. The number of fused-ring (bicyclic) bond motifs is 1. The van der Waals surface area contributed by atoms with Crippen molar-refractivity contribution in [3.8, 4) is 0 Å². The Balaban J connectivity index is 1.54. The van der Waals surface area contributed by atoms with Gasteiger partial charge in [-0.05, 0) is 42.3 Å². The maximum Gasteiger partial charge on any atom is 0.266 e. The second-order valence-corrected chi connectivity index (χ2v) is 9.93. The van der Waals surface area contributed by atoms with Crippen LogP contribution in [0.15, 0.2) is 53.4 Å². The second-order valence-electron chi connectivity index (χ2n) is 7.19. The molecular weight excluding hydrogens is 424 g/mol. The van der Waals surface area contributed by atoms with Gasteiger partial charge in [0.2, 0.25) is 5.13 Å². The lowest BCUT2D eigenvalue weighted by atomic mass is 10.1. The lowest BCUT2D eigenvalue weighted by Crippen LogP contribution is -2.29. The summed E-state index contributed by atoms with van der Waals surface area (Å²) in [6.07, 6.45) is 0.717. The number of imide groups is 1. The summed E-state index contributed by atoms with van der Waals surface area (Å²) in [5, 5.41) is 8.82. The van der Waals surface area contributed by atoms with Crippen LogP contribution in [0.2, 0.25) is 0 Å². The van der Waals surface area contributed by atoms with Crippen LogP contribution in [0.25, 0.3) is 0 Å². The van der Waals surface area contributed by atoms with E-state index in [0.717, 1.165) is 9.91 Å². The molecule has 1 aliphatic rings. The lowest BCUT2D eigenvalue weighted by molar-refractivity contribution is 0.0926. The summed E-state index contributed by atoms with van der Waals surface area (Å²) in [6.45, 7) is 4.09. The number of carbonyl (C=O) groups excluding carboxylic acids is 2. The van der Waals surface area contributed by atoms with Gasteiger partial charge in [-0.3, -0.25) is 14.3 Å². The van der Waals surface area contributed by atoms with Crippen LogP contribution in [0.1, 0.15) is 39.6 Å². The third-order valence-electron chi connectivity index (χ3n) is 4.47. The number of nitrogens with zero attached hydrogens (tertiary/aromatic N) is 3. The van der Waals surface area contributed by atoms with Gasteiger partial charge in [0.1, 0.15) is 5.01 Å². The first kappa shape index (κ1) is 20.2. The molecule has 0 radical (unpaired) electrons. The average Bonchev–Trinajstić information content (AvgIpc) is 3.23. The number of sulfonamides is 1.